The van der Waals surface area contributed by atoms with E-state index in [1.165, 1.54) is 27.1 Å². The maximum absolute atomic E-state index is 5.06. The maximum atomic E-state index is 5.06. The van der Waals surface area contributed by atoms with Gasteiger partial charge in [0.1, 0.15) is 5.82 Å². The van der Waals surface area contributed by atoms with Crippen LogP contribution in [0.1, 0.15) is 0 Å². The summed E-state index contributed by atoms with van der Waals surface area (Å²) in [6.07, 6.45) is 9.60. The van der Waals surface area contributed by atoms with Gasteiger partial charge in [-0.2, -0.15) is 0 Å². The molecular formula is C39H24N6. The van der Waals surface area contributed by atoms with E-state index in [4.69, 9.17) is 4.98 Å². The maximum Gasteiger partial charge on any atom is 0.137 e. The van der Waals surface area contributed by atoms with Gasteiger partial charge in [0.05, 0.1) is 45.0 Å². The first-order valence-corrected chi connectivity index (χ1v) is 15.0. The number of hydrogen-bond acceptors (Lipinski definition) is 3. The third kappa shape index (κ3) is 3.36. The summed E-state index contributed by atoms with van der Waals surface area (Å²) in [5.41, 5.74) is 8.94. The van der Waals surface area contributed by atoms with Gasteiger partial charge in [-0.1, -0.05) is 54.6 Å². The van der Waals surface area contributed by atoms with Gasteiger partial charge in [0, 0.05) is 62.8 Å². The van der Waals surface area contributed by atoms with Crippen LogP contribution in [-0.2, 0) is 0 Å². The van der Waals surface area contributed by atoms with E-state index in [1.807, 2.05) is 31.0 Å². The summed E-state index contributed by atoms with van der Waals surface area (Å²) in [6.45, 7) is 0. The highest BCUT2D eigenvalue weighted by Gasteiger charge is 2.17. The van der Waals surface area contributed by atoms with Crippen LogP contribution in [0.25, 0.3) is 82.6 Å². The molecule has 210 valence electrons. The minimum absolute atomic E-state index is 0.878. The molecule has 0 aliphatic rings. The minimum atomic E-state index is 0.878. The lowest BCUT2D eigenvalue weighted by Gasteiger charge is -2.11. The highest BCUT2D eigenvalue weighted by atomic mass is 15.1. The summed E-state index contributed by atoms with van der Waals surface area (Å²) in [7, 11) is 0. The zero-order valence-electron chi connectivity index (χ0n) is 24.0. The van der Waals surface area contributed by atoms with Gasteiger partial charge in [-0.05, 0) is 60.7 Å². The van der Waals surface area contributed by atoms with Gasteiger partial charge in [-0.3, -0.25) is 14.5 Å². The molecule has 0 atom stereocenters. The second kappa shape index (κ2) is 9.11. The van der Waals surface area contributed by atoms with Crippen molar-refractivity contribution in [2.24, 2.45) is 0 Å². The molecule has 10 rings (SSSR count). The number of pyridine rings is 3. The molecule has 6 heterocycles. The van der Waals surface area contributed by atoms with E-state index in [0.29, 0.717) is 0 Å². The average molecular weight is 577 g/mol. The second-order valence-corrected chi connectivity index (χ2v) is 11.4. The van der Waals surface area contributed by atoms with Crippen molar-refractivity contribution in [2.75, 3.05) is 0 Å². The lowest BCUT2D eigenvalue weighted by atomic mass is 10.1. The van der Waals surface area contributed by atoms with Crippen LogP contribution in [0.2, 0.25) is 0 Å². The van der Waals surface area contributed by atoms with Crippen molar-refractivity contribution in [1.29, 1.82) is 0 Å². The number of nitrogens with zero attached hydrogens (tertiary/aromatic N) is 6. The first-order chi connectivity index (χ1) is 22.3. The molecule has 4 aromatic carbocycles. The summed E-state index contributed by atoms with van der Waals surface area (Å²) in [5, 5.41) is 7.05. The molecule has 6 nitrogen and oxygen atoms in total. The quantitative estimate of drug-likeness (QED) is 0.211. The summed E-state index contributed by atoms with van der Waals surface area (Å²) >= 11 is 0. The van der Waals surface area contributed by atoms with E-state index in [0.717, 1.165) is 55.5 Å². The molecule has 0 radical (unpaired) electrons. The molecule has 0 aliphatic carbocycles. The summed E-state index contributed by atoms with van der Waals surface area (Å²) in [5.74, 6) is 0.878. The Morgan fingerprint density at radius 3 is 1.44 bits per heavy atom. The van der Waals surface area contributed by atoms with Crippen molar-refractivity contribution in [3.05, 3.63) is 146 Å². The highest BCUT2D eigenvalue weighted by molar-refractivity contribution is 6.12. The Morgan fingerprint density at radius 2 is 0.844 bits per heavy atom. The van der Waals surface area contributed by atoms with Crippen LogP contribution < -0.4 is 0 Å². The summed E-state index contributed by atoms with van der Waals surface area (Å²) < 4.78 is 6.87. The molecule has 0 fully saturated rings. The Balaban J connectivity index is 1.17. The molecule has 0 bridgehead atoms. The van der Waals surface area contributed by atoms with Crippen molar-refractivity contribution < 1.29 is 0 Å². The highest BCUT2D eigenvalue weighted by Crippen LogP contribution is 2.37. The van der Waals surface area contributed by atoms with Gasteiger partial charge in [-0.25, -0.2) is 4.98 Å². The van der Waals surface area contributed by atoms with Crippen LogP contribution in [0.3, 0.4) is 0 Å². The van der Waals surface area contributed by atoms with E-state index >= 15 is 0 Å². The van der Waals surface area contributed by atoms with Crippen molar-refractivity contribution in [3.63, 3.8) is 0 Å². The Labute approximate surface area is 257 Å². The predicted octanol–water partition coefficient (Wildman–Crippen LogP) is 9.16. The van der Waals surface area contributed by atoms with Crippen molar-refractivity contribution in [1.82, 2.24) is 28.7 Å². The molecule has 0 amide bonds. The van der Waals surface area contributed by atoms with Gasteiger partial charge in [0.15, 0.2) is 0 Å². The first-order valence-electron chi connectivity index (χ1n) is 15.0. The van der Waals surface area contributed by atoms with Crippen LogP contribution in [0.5, 0.6) is 0 Å². The lowest BCUT2D eigenvalue weighted by molar-refractivity contribution is 1.05. The molecule has 6 heteroatoms. The molecule has 10 aromatic rings. The van der Waals surface area contributed by atoms with Crippen LogP contribution in [0.4, 0.5) is 0 Å². The molecule has 45 heavy (non-hydrogen) atoms. The van der Waals surface area contributed by atoms with Gasteiger partial charge >= 0.3 is 0 Å². The molecule has 0 unspecified atom stereocenters. The molecule has 0 saturated heterocycles. The Hall–Kier alpha value is -6.27. The molecule has 0 aliphatic heterocycles. The SMILES string of the molecule is c1ccc2c(c1)c1cnccc1n2-c1ccc(-n2c3ccccc3c3cc(-n4c5ccccc5c5cnccc54)ccc32)nc1. The molecule has 6 aromatic heterocycles. The molecule has 0 spiro atoms. The number of rotatable bonds is 3. The Morgan fingerprint density at radius 1 is 0.356 bits per heavy atom. The van der Waals surface area contributed by atoms with E-state index in [2.05, 4.69) is 139 Å². The monoisotopic (exact) mass is 576 g/mol. The van der Waals surface area contributed by atoms with Gasteiger partial charge < -0.3 is 9.13 Å². The number of aromatic nitrogens is 6. The fourth-order valence-corrected chi connectivity index (χ4v) is 7.18. The van der Waals surface area contributed by atoms with Gasteiger partial charge in [0.2, 0.25) is 0 Å². The lowest BCUT2D eigenvalue weighted by Crippen LogP contribution is -2.00. The van der Waals surface area contributed by atoms with E-state index < -0.39 is 0 Å². The third-order valence-corrected chi connectivity index (χ3v) is 9.08. The van der Waals surface area contributed by atoms with Gasteiger partial charge in [0.25, 0.3) is 0 Å². The first kappa shape index (κ1) is 24.2. The second-order valence-electron chi connectivity index (χ2n) is 11.4. The number of para-hydroxylation sites is 3. The van der Waals surface area contributed by atoms with Gasteiger partial charge in [-0.15, -0.1) is 0 Å². The average Bonchev–Trinajstić information content (AvgIpc) is 3.74. The normalized spacial score (nSPS) is 12.0. The number of hydrogen-bond donors (Lipinski definition) is 0. The van der Waals surface area contributed by atoms with Crippen LogP contribution in [0.15, 0.2) is 146 Å². The van der Waals surface area contributed by atoms with Crippen LogP contribution >= 0.6 is 0 Å². The zero-order chi connectivity index (χ0) is 29.5. The largest absolute Gasteiger partial charge is 0.309 e. The standard InChI is InChI=1S/C39H24N6/c1-6-12-35-27(7-1)30-21-25(43-33-10-4-2-8-28(33)31-23-40-19-17-37(31)43)13-15-36(30)45(35)39-16-14-26(22-42-39)44-34-11-5-3-9-29(34)32-24-41-20-18-38(32)44/h1-24H. The molecule has 0 saturated carbocycles. The van der Waals surface area contributed by atoms with Crippen molar-refractivity contribution in [3.8, 4) is 17.2 Å². The van der Waals surface area contributed by atoms with E-state index in [1.54, 1.807) is 0 Å². The van der Waals surface area contributed by atoms with Crippen LogP contribution in [0, 0.1) is 0 Å². The minimum Gasteiger partial charge on any atom is -0.309 e. The number of benzene rings is 4. The predicted molar refractivity (Wildman–Crippen MR) is 183 cm³/mol. The topological polar surface area (TPSA) is 53.5 Å². The number of fused-ring (bicyclic) bond motifs is 9. The van der Waals surface area contributed by atoms with E-state index in [9.17, 15) is 0 Å². The Kier molecular flexibility index (Phi) is 4.90. The molecule has 0 N–H and O–H groups in total. The van der Waals surface area contributed by atoms with Crippen molar-refractivity contribution in [2.45, 2.75) is 0 Å². The fraction of sp³-hybridized carbons (Fsp3) is 0. The van der Waals surface area contributed by atoms with Crippen LogP contribution in [-0.4, -0.2) is 28.7 Å². The smallest absolute Gasteiger partial charge is 0.137 e. The summed E-state index contributed by atoms with van der Waals surface area (Å²) in [6, 6.07) is 40.8. The zero-order valence-corrected chi connectivity index (χ0v) is 24.0. The molecular weight excluding hydrogens is 552 g/mol. The summed E-state index contributed by atoms with van der Waals surface area (Å²) in [4.78, 5) is 13.9. The Bertz CT molecular complexity index is 2660. The fourth-order valence-electron chi connectivity index (χ4n) is 7.18. The third-order valence-electron chi connectivity index (χ3n) is 9.08. The van der Waals surface area contributed by atoms with Crippen molar-refractivity contribution >= 4 is 65.4 Å². The van der Waals surface area contributed by atoms with E-state index in [-0.39, 0.29) is 0 Å².